The Morgan fingerprint density at radius 1 is 1.40 bits per heavy atom. The van der Waals surface area contributed by atoms with E-state index in [1.54, 1.807) is 12.1 Å². The second-order valence-electron chi connectivity index (χ2n) is 6.92. The van der Waals surface area contributed by atoms with Gasteiger partial charge in [0.1, 0.15) is 0 Å². The standard InChI is InChI=1S/C18H25N5O2/c1-21(2)18-20-12-15(22(18)3)11-19-16(13-8-9-13)10-14-6-4-5-7-17(14)23(24)25/h4-7,12-13,16,19H,8-11H2,1-3H3. The van der Waals surface area contributed by atoms with Crippen molar-refractivity contribution in [1.82, 2.24) is 14.9 Å². The lowest BCUT2D eigenvalue weighted by Gasteiger charge is -2.19. The molecule has 1 fully saturated rings. The number of nitrogens with zero attached hydrogens (tertiary/aromatic N) is 4. The van der Waals surface area contributed by atoms with E-state index >= 15 is 0 Å². The molecular weight excluding hydrogens is 318 g/mol. The number of para-hydroxylation sites is 1. The normalized spacial score (nSPS) is 15.2. The lowest BCUT2D eigenvalue weighted by molar-refractivity contribution is -0.385. The molecule has 134 valence electrons. The summed E-state index contributed by atoms with van der Waals surface area (Å²) in [4.78, 5) is 17.4. The number of imidazole rings is 1. The molecule has 1 N–H and O–H groups in total. The van der Waals surface area contributed by atoms with E-state index < -0.39 is 0 Å². The van der Waals surface area contributed by atoms with Crippen LogP contribution in [0.1, 0.15) is 24.1 Å². The zero-order valence-corrected chi connectivity index (χ0v) is 15.0. The molecular formula is C18H25N5O2. The van der Waals surface area contributed by atoms with Crippen molar-refractivity contribution < 1.29 is 4.92 Å². The van der Waals surface area contributed by atoms with Gasteiger partial charge in [-0.3, -0.25) is 10.1 Å². The van der Waals surface area contributed by atoms with Crippen LogP contribution in [-0.4, -0.2) is 34.6 Å². The Bertz CT molecular complexity index is 752. The molecule has 1 saturated carbocycles. The van der Waals surface area contributed by atoms with E-state index in [0.717, 1.165) is 17.2 Å². The van der Waals surface area contributed by atoms with Crippen LogP contribution in [-0.2, 0) is 20.0 Å². The zero-order chi connectivity index (χ0) is 18.0. The third-order valence-corrected chi connectivity index (χ3v) is 4.82. The summed E-state index contributed by atoms with van der Waals surface area (Å²) in [5.74, 6) is 1.51. The first kappa shape index (κ1) is 17.4. The van der Waals surface area contributed by atoms with Crippen LogP contribution in [0.15, 0.2) is 30.5 Å². The van der Waals surface area contributed by atoms with Gasteiger partial charge in [0.05, 0.1) is 16.8 Å². The van der Waals surface area contributed by atoms with E-state index in [-0.39, 0.29) is 16.7 Å². The van der Waals surface area contributed by atoms with Crippen LogP contribution >= 0.6 is 0 Å². The monoisotopic (exact) mass is 343 g/mol. The van der Waals surface area contributed by atoms with Crippen LogP contribution in [0.2, 0.25) is 0 Å². The lowest BCUT2D eigenvalue weighted by Crippen LogP contribution is -2.33. The Morgan fingerprint density at radius 3 is 2.72 bits per heavy atom. The van der Waals surface area contributed by atoms with E-state index in [2.05, 4.69) is 14.9 Å². The van der Waals surface area contributed by atoms with Crippen LogP contribution in [0.3, 0.4) is 0 Å². The molecule has 0 spiro atoms. The molecule has 0 saturated heterocycles. The number of nitro benzene ring substituents is 1. The van der Waals surface area contributed by atoms with E-state index in [1.165, 1.54) is 12.8 Å². The molecule has 7 heteroatoms. The molecule has 1 aromatic heterocycles. The predicted octanol–water partition coefficient (Wildman–Crippen LogP) is 2.51. The minimum Gasteiger partial charge on any atom is -0.348 e. The average Bonchev–Trinajstić information content (AvgIpc) is 3.35. The molecule has 1 heterocycles. The van der Waals surface area contributed by atoms with E-state index in [1.807, 2.05) is 44.4 Å². The summed E-state index contributed by atoms with van der Waals surface area (Å²) in [5, 5.41) is 14.9. The minimum atomic E-state index is -0.288. The number of aromatic nitrogens is 2. The smallest absolute Gasteiger partial charge is 0.272 e. The molecule has 7 nitrogen and oxygen atoms in total. The van der Waals surface area contributed by atoms with Gasteiger partial charge in [-0.25, -0.2) is 4.98 Å². The summed E-state index contributed by atoms with van der Waals surface area (Å²) in [6, 6.07) is 7.29. The van der Waals surface area contributed by atoms with E-state index in [4.69, 9.17) is 0 Å². The lowest BCUT2D eigenvalue weighted by atomic mass is 10.0. The third-order valence-electron chi connectivity index (χ3n) is 4.82. The van der Waals surface area contributed by atoms with Gasteiger partial charge in [0.15, 0.2) is 0 Å². The van der Waals surface area contributed by atoms with E-state index in [9.17, 15) is 10.1 Å². The first-order valence-electron chi connectivity index (χ1n) is 8.61. The Balaban J connectivity index is 1.70. The van der Waals surface area contributed by atoms with Gasteiger partial charge in [0.25, 0.3) is 5.69 Å². The molecule has 0 bridgehead atoms. The maximum Gasteiger partial charge on any atom is 0.272 e. The van der Waals surface area contributed by atoms with Crippen molar-refractivity contribution in [1.29, 1.82) is 0 Å². The van der Waals surface area contributed by atoms with Crippen LogP contribution in [0.4, 0.5) is 11.6 Å². The van der Waals surface area contributed by atoms with Crippen molar-refractivity contribution in [2.75, 3.05) is 19.0 Å². The van der Waals surface area contributed by atoms with Crippen LogP contribution in [0.25, 0.3) is 0 Å². The maximum atomic E-state index is 11.2. The largest absolute Gasteiger partial charge is 0.348 e. The highest BCUT2D eigenvalue weighted by molar-refractivity contribution is 5.40. The molecule has 1 atom stereocenters. The SMILES string of the molecule is CN(C)c1ncc(CNC(Cc2ccccc2[N+](=O)[O-])C2CC2)n1C. The fraction of sp³-hybridized carbons (Fsp3) is 0.500. The Morgan fingerprint density at radius 2 is 2.12 bits per heavy atom. The first-order chi connectivity index (χ1) is 12.0. The molecule has 2 aromatic rings. The molecule has 1 aliphatic carbocycles. The van der Waals surface area contributed by atoms with Gasteiger partial charge in [-0.1, -0.05) is 18.2 Å². The molecule has 25 heavy (non-hydrogen) atoms. The molecule has 0 amide bonds. The second kappa shape index (κ2) is 7.23. The van der Waals surface area contributed by atoms with Crippen molar-refractivity contribution in [2.45, 2.75) is 31.8 Å². The number of nitro groups is 1. The second-order valence-corrected chi connectivity index (χ2v) is 6.92. The number of hydrogen-bond donors (Lipinski definition) is 1. The van der Waals surface area contributed by atoms with Gasteiger partial charge in [-0.15, -0.1) is 0 Å². The highest BCUT2D eigenvalue weighted by Gasteiger charge is 2.32. The van der Waals surface area contributed by atoms with Gasteiger partial charge >= 0.3 is 0 Å². The average molecular weight is 343 g/mol. The van der Waals surface area contributed by atoms with Gasteiger partial charge in [0, 0.05) is 45.4 Å². The number of rotatable bonds is 8. The van der Waals surface area contributed by atoms with Gasteiger partial charge in [0.2, 0.25) is 5.95 Å². The van der Waals surface area contributed by atoms with Gasteiger partial charge < -0.3 is 14.8 Å². The predicted molar refractivity (Wildman–Crippen MR) is 97.7 cm³/mol. The zero-order valence-electron chi connectivity index (χ0n) is 15.0. The summed E-state index contributed by atoms with van der Waals surface area (Å²) in [5.41, 5.74) is 2.12. The summed E-state index contributed by atoms with van der Waals surface area (Å²) in [6.07, 6.45) is 4.94. The number of benzene rings is 1. The highest BCUT2D eigenvalue weighted by atomic mass is 16.6. The Labute approximate surface area is 147 Å². The van der Waals surface area contributed by atoms with Crippen LogP contribution in [0, 0.1) is 16.0 Å². The first-order valence-corrected chi connectivity index (χ1v) is 8.61. The molecule has 0 radical (unpaired) electrons. The van der Waals surface area contributed by atoms with Gasteiger partial charge in [-0.05, 0) is 25.2 Å². The van der Waals surface area contributed by atoms with Crippen molar-refractivity contribution in [3.8, 4) is 0 Å². The third kappa shape index (κ3) is 3.99. The van der Waals surface area contributed by atoms with Gasteiger partial charge in [-0.2, -0.15) is 0 Å². The fourth-order valence-corrected chi connectivity index (χ4v) is 3.25. The Kier molecular flexibility index (Phi) is 5.03. The summed E-state index contributed by atoms with van der Waals surface area (Å²) < 4.78 is 2.07. The van der Waals surface area contributed by atoms with Crippen LogP contribution < -0.4 is 10.2 Å². The molecule has 1 unspecified atom stereocenters. The maximum absolute atomic E-state index is 11.2. The van der Waals surface area contributed by atoms with Crippen LogP contribution in [0.5, 0.6) is 0 Å². The Hall–Kier alpha value is -2.41. The summed E-state index contributed by atoms with van der Waals surface area (Å²) in [6.45, 7) is 0.707. The van der Waals surface area contributed by atoms with Crippen molar-refractivity contribution in [2.24, 2.45) is 13.0 Å². The van der Waals surface area contributed by atoms with Crippen molar-refractivity contribution >= 4 is 11.6 Å². The molecule has 0 aliphatic heterocycles. The minimum absolute atomic E-state index is 0.213. The highest BCUT2D eigenvalue weighted by Crippen LogP contribution is 2.35. The molecule has 1 aromatic carbocycles. The fourth-order valence-electron chi connectivity index (χ4n) is 3.25. The summed E-state index contributed by atoms with van der Waals surface area (Å²) >= 11 is 0. The number of anilines is 1. The topological polar surface area (TPSA) is 76.2 Å². The molecule has 1 aliphatic rings. The van der Waals surface area contributed by atoms with Crippen molar-refractivity contribution in [3.05, 3.63) is 51.8 Å². The number of nitrogens with one attached hydrogen (secondary N) is 1. The van der Waals surface area contributed by atoms with E-state index in [0.29, 0.717) is 18.9 Å². The van der Waals surface area contributed by atoms with Crippen molar-refractivity contribution in [3.63, 3.8) is 0 Å². The molecule has 3 rings (SSSR count). The summed E-state index contributed by atoms with van der Waals surface area (Å²) in [7, 11) is 5.95. The number of hydrogen-bond acceptors (Lipinski definition) is 5. The quantitative estimate of drug-likeness (QED) is 0.589.